The molecular weight excluding hydrogens is 492 g/mol. The Kier molecular flexibility index (Phi) is 9.93. The third-order valence-corrected chi connectivity index (χ3v) is 9.76. The van der Waals surface area contributed by atoms with Crippen LogP contribution in [0, 0.1) is 11.3 Å². The van der Waals surface area contributed by atoms with Gasteiger partial charge in [-0.25, -0.2) is 0 Å². The molecule has 0 spiro atoms. The lowest BCUT2D eigenvalue weighted by Crippen LogP contribution is -2.46. The summed E-state index contributed by atoms with van der Waals surface area (Å²) in [5, 5.41) is 14.5. The minimum atomic E-state index is -0.268. The van der Waals surface area contributed by atoms with Crippen LogP contribution in [0.4, 0.5) is 0 Å². The van der Waals surface area contributed by atoms with Gasteiger partial charge in [-0.2, -0.15) is 0 Å². The zero-order valence-corrected chi connectivity index (χ0v) is 24.3. The van der Waals surface area contributed by atoms with Crippen molar-refractivity contribution >= 4 is 17.1 Å². The smallest absolute Gasteiger partial charge is 0.222 e. The second kappa shape index (κ2) is 13.8. The van der Waals surface area contributed by atoms with Gasteiger partial charge < -0.3 is 15.3 Å². The number of rotatable bonds is 13. The molecule has 214 valence electrons. The Bertz CT molecular complexity index is 1150. The summed E-state index contributed by atoms with van der Waals surface area (Å²) in [4.78, 5) is 14.4. The number of hydrogen-bond donors (Lipinski definition) is 2. The van der Waals surface area contributed by atoms with Crippen molar-refractivity contribution in [2.75, 3.05) is 26.2 Å². The lowest BCUT2D eigenvalue weighted by molar-refractivity contribution is -0.131. The number of fused-ring (bicyclic) bond motifs is 1. The molecule has 0 aromatic heterocycles. The molecule has 2 N–H and O–H groups in total. The van der Waals surface area contributed by atoms with E-state index < -0.39 is 0 Å². The van der Waals surface area contributed by atoms with E-state index in [1.54, 1.807) is 5.57 Å². The Morgan fingerprint density at radius 1 is 0.900 bits per heavy atom. The van der Waals surface area contributed by atoms with Crippen LogP contribution in [-0.4, -0.2) is 48.2 Å². The fourth-order valence-corrected chi connectivity index (χ4v) is 7.68. The lowest BCUT2D eigenvalue weighted by Gasteiger charge is -2.37. The average Bonchev–Trinajstić information content (AvgIpc) is 3.51. The zero-order chi connectivity index (χ0) is 27.8. The van der Waals surface area contributed by atoms with Crippen molar-refractivity contribution in [3.8, 4) is 0 Å². The maximum Gasteiger partial charge on any atom is 0.222 e. The number of carbonyl (C=O) groups excluding carboxylic acids is 1. The Morgan fingerprint density at radius 2 is 1.52 bits per heavy atom. The number of allylic oxidation sites excluding steroid dienone is 3. The van der Waals surface area contributed by atoms with Crippen LogP contribution in [0.1, 0.15) is 88.2 Å². The predicted molar refractivity (Wildman–Crippen MR) is 166 cm³/mol. The molecule has 1 saturated carbocycles. The maximum absolute atomic E-state index is 12.3. The largest absolute Gasteiger partial charge is 0.393 e. The summed E-state index contributed by atoms with van der Waals surface area (Å²) in [6.07, 6.45) is 12.7. The number of unbranched alkanes of at least 4 members (excludes halogenated alkanes) is 6. The zero-order valence-electron chi connectivity index (χ0n) is 24.3. The molecule has 1 heterocycles. The normalized spacial score (nSPS) is 24.4. The fraction of sp³-hybridized carbons (Fsp3) is 0.528. The van der Waals surface area contributed by atoms with Crippen LogP contribution < -0.4 is 5.32 Å². The molecule has 1 aliphatic heterocycles. The third kappa shape index (κ3) is 6.29. The van der Waals surface area contributed by atoms with Gasteiger partial charge in [-0.15, -0.1) is 0 Å². The van der Waals surface area contributed by atoms with Crippen molar-refractivity contribution in [3.63, 3.8) is 0 Å². The topological polar surface area (TPSA) is 52.6 Å². The van der Waals surface area contributed by atoms with Gasteiger partial charge in [0.05, 0.1) is 6.10 Å². The van der Waals surface area contributed by atoms with E-state index in [-0.39, 0.29) is 17.4 Å². The first-order chi connectivity index (χ1) is 19.6. The summed E-state index contributed by atoms with van der Waals surface area (Å²) in [7, 11) is 0. The first-order valence-electron chi connectivity index (χ1n) is 15.8. The molecule has 2 aliphatic carbocycles. The minimum absolute atomic E-state index is 0.181. The van der Waals surface area contributed by atoms with Gasteiger partial charge in [-0.05, 0) is 60.8 Å². The Morgan fingerprint density at radius 3 is 2.23 bits per heavy atom. The molecule has 4 heteroatoms. The van der Waals surface area contributed by atoms with E-state index in [4.69, 9.17) is 6.58 Å². The van der Waals surface area contributed by atoms with Crippen LogP contribution in [0.2, 0.25) is 0 Å². The van der Waals surface area contributed by atoms with Gasteiger partial charge >= 0.3 is 0 Å². The number of aliphatic hydroxyl groups is 1. The number of nitrogens with one attached hydrogen (secondary N) is 1. The first-order valence-corrected chi connectivity index (χ1v) is 15.8. The number of amides is 1. The maximum atomic E-state index is 12.3. The van der Waals surface area contributed by atoms with E-state index in [2.05, 4.69) is 66.0 Å². The number of hydrogen-bond acceptors (Lipinski definition) is 3. The monoisotopic (exact) mass is 540 g/mol. The molecular formula is C36H48N2O2. The quantitative estimate of drug-likeness (QED) is 0.263. The van der Waals surface area contributed by atoms with Crippen molar-refractivity contribution in [2.45, 2.75) is 83.2 Å². The van der Waals surface area contributed by atoms with Crippen molar-refractivity contribution in [3.05, 3.63) is 83.9 Å². The molecule has 3 unspecified atom stereocenters. The molecule has 0 radical (unpaired) electrons. The van der Waals surface area contributed by atoms with Gasteiger partial charge in [0.15, 0.2) is 0 Å². The minimum Gasteiger partial charge on any atom is -0.393 e. The van der Waals surface area contributed by atoms with E-state index in [0.29, 0.717) is 12.3 Å². The SMILES string of the molecule is C=C(c1ccccc1)C12CCC(O)C1CC(CCCCCCCCCC(=O)N1CCNCC1)=C2c1ccccc1. The number of nitrogens with zero attached hydrogens (tertiary/aromatic N) is 1. The Hall–Kier alpha value is -2.69. The van der Waals surface area contributed by atoms with Crippen LogP contribution in [-0.2, 0) is 4.79 Å². The van der Waals surface area contributed by atoms with Crippen LogP contribution >= 0.6 is 0 Å². The fourth-order valence-electron chi connectivity index (χ4n) is 7.68. The van der Waals surface area contributed by atoms with E-state index in [1.807, 2.05) is 4.90 Å². The van der Waals surface area contributed by atoms with Gasteiger partial charge in [0.1, 0.15) is 0 Å². The summed E-state index contributed by atoms with van der Waals surface area (Å²) in [6, 6.07) is 21.5. The second-order valence-corrected chi connectivity index (χ2v) is 12.2. The molecule has 2 aromatic rings. The highest BCUT2D eigenvalue weighted by Gasteiger charge is 2.56. The summed E-state index contributed by atoms with van der Waals surface area (Å²) in [6.45, 7) is 8.28. The molecule has 3 atom stereocenters. The molecule has 2 fully saturated rings. The first kappa shape index (κ1) is 28.8. The average molecular weight is 541 g/mol. The highest BCUT2D eigenvalue weighted by atomic mass is 16.3. The molecule has 2 aromatic carbocycles. The lowest BCUT2D eigenvalue weighted by atomic mass is 9.66. The summed E-state index contributed by atoms with van der Waals surface area (Å²) in [5.41, 5.74) is 6.50. The number of benzene rings is 2. The van der Waals surface area contributed by atoms with Crippen molar-refractivity contribution < 1.29 is 9.90 Å². The third-order valence-electron chi connectivity index (χ3n) is 9.76. The highest BCUT2D eigenvalue weighted by molar-refractivity contribution is 5.90. The van der Waals surface area contributed by atoms with Crippen molar-refractivity contribution in [1.82, 2.24) is 10.2 Å². The molecule has 5 rings (SSSR count). The Balaban J connectivity index is 1.17. The van der Waals surface area contributed by atoms with E-state index >= 15 is 0 Å². The Labute approximate surface area is 241 Å². The van der Waals surface area contributed by atoms with Crippen molar-refractivity contribution in [2.24, 2.45) is 11.3 Å². The predicted octanol–water partition coefficient (Wildman–Crippen LogP) is 7.26. The second-order valence-electron chi connectivity index (χ2n) is 12.2. The van der Waals surface area contributed by atoms with Crippen LogP contribution in [0.5, 0.6) is 0 Å². The van der Waals surface area contributed by atoms with Crippen LogP contribution in [0.25, 0.3) is 11.1 Å². The molecule has 1 amide bonds. The van der Waals surface area contributed by atoms with Crippen LogP contribution in [0.3, 0.4) is 0 Å². The molecule has 3 aliphatic rings. The van der Waals surface area contributed by atoms with E-state index in [0.717, 1.165) is 64.7 Å². The summed E-state index contributed by atoms with van der Waals surface area (Å²) in [5.74, 6) is 0.553. The standard InChI is InChI=1S/C36H48N2O2/c1-28(29-15-10-7-11-16-29)36-22-21-33(39)32(36)27-31(35(36)30-17-12-8-13-18-30)19-9-5-3-2-4-6-14-20-34(40)38-25-23-37-24-26-38/h7-8,10-13,15-18,32-33,37,39H,1-6,9,14,19-27H2. The molecule has 4 nitrogen and oxygen atoms in total. The molecule has 40 heavy (non-hydrogen) atoms. The van der Waals surface area contributed by atoms with Gasteiger partial charge in [-0.3, -0.25) is 4.79 Å². The van der Waals surface area contributed by atoms with E-state index in [9.17, 15) is 9.90 Å². The van der Waals surface area contributed by atoms with Gasteiger partial charge in [0.2, 0.25) is 5.91 Å². The van der Waals surface area contributed by atoms with Crippen LogP contribution in [0.15, 0.2) is 72.8 Å². The molecule has 0 bridgehead atoms. The van der Waals surface area contributed by atoms with Gasteiger partial charge in [0.25, 0.3) is 0 Å². The summed E-state index contributed by atoms with van der Waals surface area (Å²) >= 11 is 0. The van der Waals surface area contributed by atoms with Gasteiger partial charge in [-0.1, -0.05) is 105 Å². The van der Waals surface area contributed by atoms with Crippen molar-refractivity contribution in [1.29, 1.82) is 0 Å². The summed E-state index contributed by atoms with van der Waals surface area (Å²) < 4.78 is 0. The number of carbonyl (C=O) groups is 1. The number of piperazine rings is 1. The molecule has 1 saturated heterocycles. The number of aliphatic hydroxyl groups excluding tert-OH is 1. The van der Waals surface area contributed by atoms with E-state index in [1.165, 1.54) is 54.4 Å². The highest BCUT2D eigenvalue weighted by Crippen LogP contribution is 2.66. The van der Waals surface area contributed by atoms with Gasteiger partial charge in [0, 0.05) is 43.9 Å².